The van der Waals surface area contributed by atoms with Gasteiger partial charge in [-0.1, -0.05) is 236 Å². The number of carbonyl (C=O) groups excluding carboxylic acids is 2. The lowest BCUT2D eigenvalue weighted by molar-refractivity contribution is -0.151. The number of amides is 1. The number of aliphatic hydroxyl groups excluding tert-OH is 2. The fourth-order valence-corrected chi connectivity index (χ4v) is 8.06. The van der Waals surface area contributed by atoms with Crippen LogP contribution in [0, 0.1) is 0 Å². The van der Waals surface area contributed by atoms with E-state index < -0.39 is 18.2 Å². The quantitative estimate of drug-likeness (QED) is 0.0322. The van der Waals surface area contributed by atoms with Crippen LogP contribution in [0.5, 0.6) is 0 Å². The molecule has 0 bridgehead atoms. The zero-order chi connectivity index (χ0) is 45.2. The maximum absolute atomic E-state index is 13.2. The Kier molecular flexibility index (Phi) is 48.1. The number of hydrogen-bond acceptors (Lipinski definition) is 5. The van der Waals surface area contributed by atoms with E-state index in [9.17, 15) is 19.8 Å². The predicted octanol–water partition coefficient (Wildman–Crippen LogP) is 16.2. The fourth-order valence-electron chi connectivity index (χ4n) is 8.06. The third-order valence-corrected chi connectivity index (χ3v) is 12.2. The van der Waals surface area contributed by atoms with E-state index in [2.05, 4.69) is 74.7 Å². The molecule has 0 radical (unpaired) electrons. The van der Waals surface area contributed by atoms with Crippen LogP contribution in [0.25, 0.3) is 0 Å². The van der Waals surface area contributed by atoms with Gasteiger partial charge in [-0.2, -0.15) is 0 Å². The van der Waals surface area contributed by atoms with E-state index >= 15 is 0 Å². The SMILES string of the molecule is CCCCC/C=C\C/C=C\C/C=C\C/C=C\CCCCCC(=O)OC(CCCCCCCCCCCCC)CC(=O)NC(CO)C(O)CCCCCCCCCCCCCCC. The summed E-state index contributed by atoms with van der Waals surface area (Å²) < 4.78 is 5.92. The summed E-state index contributed by atoms with van der Waals surface area (Å²) in [5.41, 5.74) is 0. The molecule has 6 nitrogen and oxygen atoms in total. The lowest BCUT2D eigenvalue weighted by atomic mass is 10.0. The molecule has 1 amide bonds. The molecule has 0 aromatic rings. The van der Waals surface area contributed by atoms with Crippen molar-refractivity contribution in [3.8, 4) is 0 Å². The van der Waals surface area contributed by atoms with Gasteiger partial charge in [-0.15, -0.1) is 0 Å². The van der Waals surface area contributed by atoms with Crippen molar-refractivity contribution in [1.29, 1.82) is 0 Å². The molecule has 0 saturated heterocycles. The monoisotopic (exact) mass is 870 g/mol. The van der Waals surface area contributed by atoms with Crippen molar-refractivity contribution in [2.24, 2.45) is 0 Å². The normalized spacial score (nSPS) is 13.6. The van der Waals surface area contributed by atoms with Crippen LogP contribution in [0.4, 0.5) is 0 Å². The molecule has 0 aromatic carbocycles. The first kappa shape index (κ1) is 59.8. The summed E-state index contributed by atoms with van der Waals surface area (Å²) in [6.07, 6.45) is 60.2. The van der Waals surface area contributed by atoms with Gasteiger partial charge in [-0.3, -0.25) is 9.59 Å². The summed E-state index contributed by atoms with van der Waals surface area (Å²) in [5, 5.41) is 23.8. The Balaban J connectivity index is 4.55. The van der Waals surface area contributed by atoms with Crippen LogP contribution in [0.3, 0.4) is 0 Å². The summed E-state index contributed by atoms with van der Waals surface area (Å²) in [5.74, 6) is -0.502. The first-order chi connectivity index (χ1) is 30.5. The van der Waals surface area contributed by atoms with Gasteiger partial charge < -0.3 is 20.3 Å². The standard InChI is InChI=1S/C56H103NO5/c1-4-7-10-13-16-19-22-24-25-26-27-28-29-31-34-37-40-43-46-49-56(61)62-52(47-44-41-38-35-32-21-18-15-12-9-6-3)50-55(60)57-53(51-58)54(59)48-45-42-39-36-33-30-23-20-17-14-11-8-5-2/h16,19,24-25,27-28,31,34,52-54,58-59H,4-15,17-18,20-23,26,29-30,32-33,35-51H2,1-3H3,(H,57,60)/b19-16-,25-24-,28-27-,34-31-. The molecular formula is C56H103NO5. The highest BCUT2D eigenvalue weighted by Gasteiger charge is 2.24. The largest absolute Gasteiger partial charge is 0.462 e. The molecule has 3 N–H and O–H groups in total. The van der Waals surface area contributed by atoms with E-state index in [0.29, 0.717) is 19.3 Å². The lowest BCUT2D eigenvalue weighted by Crippen LogP contribution is -2.46. The predicted molar refractivity (Wildman–Crippen MR) is 269 cm³/mol. The summed E-state index contributed by atoms with van der Waals surface area (Å²) in [6.45, 7) is 6.45. The van der Waals surface area contributed by atoms with E-state index in [1.807, 2.05) is 0 Å². The van der Waals surface area contributed by atoms with Crippen molar-refractivity contribution in [3.05, 3.63) is 48.6 Å². The molecule has 0 spiro atoms. The Morgan fingerprint density at radius 2 is 0.823 bits per heavy atom. The molecule has 362 valence electrons. The molecule has 3 atom stereocenters. The van der Waals surface area contributed by atoms with Crippen LogP contribution >= 0.6 is 0 Å². The molecule has 3 unspecified atom stereocenters. The third-order valence-electron chi connectivity index (χ3n) is 12.2. The number of ether oxygens (including phenoxy) is 1. The van der Waals surface area contributed by atoms with E-state index in [1.165, 1.54) is 148 Å². The molecule has 6 heteroatoms. The van der Waals surface area contributed by atoms with Gasteiger partial charge in [0.25, 0.3) is 0 Å². The molecule has 0 fully saturated rings. The number of aliphatic hydroxyl groups is 2. The van der Waals surface area contributed by atoms with Crippen LogP contribution in [-0.4, -0.2) is 46.9 Å². The Morgan fingerprint density at radius 3 is 1.26 bits per heavy atom. The second-order valence-corrected chi connectivity index (χ2v) is 18.3. The lowest BCUT2D eigenvalue weighted by Gasteiger charge is -2.24. The molecule has 0 rings (SSSR count). The second kappa shape index (κ2) is 49.8. The smallest absolute Gasteiger partial charge is 0.306 e. The number of rotatable bonds is 48. The van der Waals surface area contributed by atoms with Crippen molar-refractivity contribution >= 4 is 11.9 Å². The molecule has 0 aliphatic heterocycles. The first-order valence-corrected chi connectivity index (χ1v) is 26.9. The average molecular weight is 870 g/mol. The van der Waals surface area contributed by atoms with Gasteiger partial charge in [-0.25, -0.2) is 0 Å². The van der Waals surface area contributed by atoms with Gasteiger partial charge in [0, 0.05) is 6.42 Å². The number of esters is 1. The molecule has 62 heavy (non-hydrogen) atoms. The maximum atomic E-state index is 13.2. The van der Waals surface area contributed by atoms with Gasteiger partial charge in [0.15, 0.2) is 0 Å². The minimum absolute atomic E-state index is 0.0670. The van der Waals surface area contributed by atoms with Crippen LogP contribution < -0.4 is 5.32 Å². The van der Waals surface area contributed by atoms with E-state index in [0.717, 1.165) is 77.0 Å². The second-order valence-electron chi connectivity index (χ2n) is 18.3. The van der Waals surface area contributed by atoms with Crippen molar-refractivity contribution in [2.75, 3.05) is 6.61 Å². The summed E-state index contributed by atoms with van der Waals surface area (Å²) >= 11 is 0. The summed E-state index contributed by atoms with van der Waals surface area (Å²) in [4.78, 5) is 26.1. The Hall–Kier alpha value is -2.18. The fraction of sp³-hybridized carbons (Fsp3) is 0.821. The highest BCUT2D eigenvalue weighted by molar-refractivity contribution is 5.77. The molecule has 0 heterocycles. The van der Waals surface area contributed by atoms with Gasteiger partial charge >= 0.3 is 5.97 Å². The number of allylic oxidation sites excluding steroid dienone is 8. The highest BCUT2D eigenvalue weighted by atomic mass is 16.5. The van der Waals surface area contributed by atoms with Crippen LogP contribution in [0.1, 0.15) is 271 Å². The molecule has 0 aliphatic carbocycles. The minimum Gasteiger partial charge on any atom is -0.462 e. The minimum atomic E-state index is -0.791. The van der Waals surface area contributed by atoms with Crippen molar-refractivity contribution in [1.82, 2.24) is 5.32 Å². The number of carbonyl (C=O) groups is 2. The van der Waals surface area contributed by atoms with E-state index in [4.69, 9.17) is 4.74 Å². The summed E-state index contributed by atoms with van der Waals surface area (Å²) in [7, 11) is 0. The van der Waals surface area contributed by atoms with Crippen molar-refractivity contribution in [2.45, 2.75) is 289 Å². The van der Waals surface area contributed by atoms with Crippen LogP contribution in [0.15, 0.2) is 48.6 Å². The zero-order valence-electron chi connectivity index (χ0n) is 41.3. The number of unbranched alkanes of at least 4 members (excludes halogenated alkanes) is 28. The van der Waals surface area contributed by atoms with Crippen LogP contribution in [-0.2, 0) is 14.3 Å². The topological polar surface area (TPSA) is 95.9 Å². The van der Waals surface area contributed by atoms with Crippen molar-refractivity contribution in [3.63, 3.8) is 0 Å². The van der Waals surface area contributed by atoms with E-state index in [1.54, 1.807) is 0 Å². The van der Waals surface area contributed by atoms with Gasteiger partial charge in [0.2, 0.25) is 5.91 Å². The maximum Gasteiger partial charge on any atom is 0.306 e. The highest BCUT2D eigenvalue weighted by Crippen LogP contribution is 2.18. The van der Waals surface area contributed by atoms with Gasteiger partial charge in [0.05, 0.1) is 25.2 Å². The molecule has 0 saturated carbocycles. The molecular weight excluding hydrogens is 767 g/mol. The average Bonchev–Trinajstić information content (AvgIpc) is 3.26. The Bertz CT molecular complexity index is 1070. The van der Waals surface area contributed by atoms with Gasteiger partial charge in [-0.05, 0) is 70.6 Å². The molecule has 0 aliphatic rings. The number of nitrogens with one attached hydrogen (secondary N) is 1. The van der Waals surface area contributed by atoms with E-state index in [-0.39, 0.29) is 24.9 Å². The number of hydrogen-bond donors (Lipinski definition) is 3. The first-order valence-electron chi connectivity index (χ1n) is 26.9. The van der Waals surface area contributed by atoms with Crippen LogP contribution in [0.2, 0.25) is 0 Å². The zero-order valence-corrected chi connectivity index (χ0v) is 41.3. The Morgan fingerprint density at radius 1 is 0.468 bits per heavy atom. The van der Waals surface area contributed by atoms with Gasteiger partial charge in [0.1, 0.15) is 6.10 Å². The Labute approximate surface area is 385 Å². The molecule has 0 aromatic heterocycles. The summed E-state index contributed by atoms with van der Waals surface area (Å²) in [6, 6.07) is -0.706. The van der Waals surface area contributed by atoms with Crippen molar-refractivity contribution < 1.29 is 24.5 Å². The third kappa shape index (κ3) is 44.4.